The molecule has 0 unspecified atom stereocenters. The summed E-state index contributed by atoms with van der Waals surface area (Å²) in [7, 11) is 0. The predicted molar refractivity (Wildman–Crippen MR) is 92.4 cm³/mol. The molecule has 27 heavy (non-hydrogen) atoms. The van der Waals surface area contributed by atoms with Gasteiger partial charge in [0.2, 0.25) is 5.91 Å². The molecule has 142 valence electrons. The summed E-state index contributed by atoms with van der Waals surface area (Å²) >= 11 is 3.19. The van der Waals surface area contributed by atoms with Crippen molar-refractivity contribution in [2.75, 3.05) is 18.5 Å². The first-order valence-electron chi connectivity index (χ1n) is 7.40. The van der Waals surface area contributed by atoms with Gasteiger partial charge in [0.1, 0.15) is 0 Å². The van der Waals surface area contributed by atoms with Crippen LogP contribution in [0.3, 0.4) is 0 Å². The number of carbonyl (C=O) groups excluding carboxylic acids is 3. The predicted octanol–water partition coefficient (Wildman–Crippen LogP) is 2.78. The number of halogens is 4. The quantitative estimate of drug-likeness (QED) is 0.529. The van der Waals surface area contributed by atoms with Crippen LogP contribution in [0, 0.1) is 17.5 Å². The van der Waals surface area contributed by atoms with Gasteiger partial charge in [-0.25, -0.2) is 18.0 Å². The topological polar surface area (TPSA) is 84.5 Å². The highest BCUT2D eigenvalue weighted by Crippen LogP contribution is 2.19. The largest absolute Gasteiger partial charge is 0.452 e. The van der Waals surface area contributed by atoms with Gasteiger partial charge in [0, 0.05) is 4.47 Å². The Morgan fingerprint density at radius 2 is 1.74 bits per heavy atom. The standard InChI is InChI=1S/C17H12BrF3N2O4/c18-10-3-1-2-9(6-10)17(26)27-8-14(25)22-7-13(24)23-12-5-4-11(19)15(20)16(12)21/h1-6H,7-8H2,(H,22,25)(H,23,24). The molecule has 2 aromatic rings. The van der Waals surface area contributed by atoms with E-state index in [-0.39, 0.29) is 5.56 Å². The number of nitrogens with one attached hydrogen (secondary N) is 2. The van der Waals surface area contributed by atoms with E-state index in [2.05, 4.69) is 21.2 Å². The van der Waals surface area contributed by atoms with Crippen LogP contribution in [0.2, 0.25) is 0 Å². The van der Waals surface area contributed by atoms with Crippen LogP contribution in [0.4, 0.5) is 18.9 Å². The molecule has 0 bridgehead atoms. The minimum atomic E-state index is -1.73. The molecule has 10 heteroatoms. The molecule has 2 rings (SSSR count). The van der Waals surface area contributed by atoms with Crippen molar-refractivity contribution < 1.29 is 32.3 Å². The summed E-state index contributed by atoms with van der Waals surface area (Å²) in [5.74, 6) is -7.08. The van der Waals surface area contributed by atoms with Gasteiger partial charge in [0.05, 0.1) is 17.8 Å². The van der Waals surface area contributed by atoms with Gasteiger partial charge in [0.25, 0.3) is 5.91 Å². The number of ether oxygens (including phenoxy) is 1. The Morgan fingerprint density at radius 3 is 2.44 bits per heavy atom. The highest BCUT2D eigenvalue weighted by molar-refractivity contribution is 9.10. The summed E-state index contributed by atoms with van der Waals surface area (Å²) in [5.41, 5.74) is -0.349. The fourth-order valence-corrected chi connectivity index (χ4v) is 2.28. The van der Waals surface area contributed by atoms with Crippen LogP contribution in [0.25, 0.3) is 0 Å². The van der Waals surface area contributed by atoms with Gasteiger partial charge in [-0.15, -0.1) is 0 Å². The summed E-state index contributed by atoms with van der Waals surface area (Å²) in [6.07, 6.45) is 0. The average Bonchev–Trinajstić information content (AvgIpc) is 2.65. The summed E-state index contributed by atoms with van der Waals surface area (Å²) in [6, 6.07) is 7.81. The molecule has 0 saturated heterocycles. The molecule has 0 aliphatic heterocycles. The minimum absolute atomic E-state index is 0.226. The fourth-order valence-electron chi connectivity index (χ4n) is 1.88. The first-order valence-corrected chi connectivity index (χ1v) is 8.20. The minimum Gasteiger partial charge on any atom is -0.452 e. The Kier molecular flexibility index (Phi) is 6.94. The lowest BCUT2D eigenvalue weighted by Crippen LogP contribution is -2.35. The first-order chi connectivity index (χ1) is 12.8. The van der Waals surface area contributed by atoms with Crippen LogP contribution in [0.1, 0.15) is 10.4 Å². The van der Waals surface area contributed by atoms with Gasteiger partial charge in [-0.3, -0.25) is 9.59 Å². The van der Waals surface area contributed by atoms with Gasteiger partial charge >= 0.3 is 5.97 Å². The lowest BCUT2D eigenvalue weighted by molar-refractivity contribution is -0.126. The number of rotatable bonds is 6. The van der Waals surface area contributed by atoms with E-state index in [4.69, 9.17) is 4.74 Å². The van der Waals surface area contributed by atoms with E-state index in [9.17, 15) is 27.6 Å². The van der Waals surface area contributed by atoms with Crippen molar-refractivity contribution in [3.63, 3.8) is 0 Å². The van der Waals surface area contributed by atoms with Gasteiger partial charge in [-0.05, 0) is 30.3 Å². The van der Waals surface area contributed by atoms with Crippen LogP contribution in [0.5, 0.6) is 0 Å². The summed E-state index contributed by atoms with van der Waals surface area (Å²) < 4.78 is 44.8. The Labute approximate surface area is 159 Å². The molecule has 0 atom stereocenters. The molecule has 0 heterocycles. The van der Waals surface area contributed by atoms with Gasteiger partial charge in [0.15, 0.2) is 24.1 Å². The molecule has 0 saturated carbocycles. The lowest BCUT2D eigenvalue weighted by Gasteiger charge is -2.09. The number of benzene rings is 2. The second kappa shape index (κ2) is 9.17. The van der Waals surface area contributed by atoms with Gasteiger partial charge in [-0.2, -0.15) is 0 Å². The van der Waals surface area contributed by atoms with E-state index in [1.54, 1.807) is 12.1 Å². The van der Waals surface area contributed by atoms with E-state index in [1.165, 1.54) is 12.1 Å². The maximum Gasteiger partial charge on any atom is 0.338 e. The second-order valence-electron chi connectivity index (χ2n) is 5.13. The van der Waals surface area contributed by atoms with Crippen molar-refractivity contribution in [3.05, 3.63) is 63.9 Å². The Balaban J connectivity index is 1.79. The number of anilines is 1. The highest BCUT2D eigenvalue weighted by Gasteiger charge is 2.16. The maximum atomic E-state index is 13.4. The van der Waals surface area contributed by atoms with Gasteiger partial charge < -0.3 is 15.4 Å². The SMILES string of the molecule is O=C(COC(=O)c1cccc(Br)c1)NCC(=O)Nc1ccc(F)c(F)c1F. The zero-order valence-corrected chi connectivity index (χ0v) is 15.1. The molecule has 0 aromatic heterocycles. The highest BCUT2D eigenvalue weighted by atomic mass is 79.9. The van der Waals surface area contributed by atoms with E-state index in [1.807, 2.05) is 5.32 Å². The number of hydrogen-bond acceptors (Lipinski definition) is 4. The molecule has 0 aliphatic rings. The summed E-state index contributed by atoms with van der Waals surface area (Å²) in [6.45, 7) is -1.23. The van der Waals surface area contributed by atoms with E-state index in [0.29, 0.717) is 10.5 Å². The molecule has 0 spiro atoms. The van der Waals surface area contributed by atoms with Crippen LogP contribution >= 0.6 is 15.9 Å². The van der Waals surface area contributed by atoms with Crippen molar-refractivity contribution in [1.29, 1.82) is 0 Å². The number of hydrogen-bond donors (Lipinski definition) is 2. The third-order valence-corrected chi connectivity index (χ3v) is 3.64. The molecule has 2 amide bonds. The van der Waals surface area contributed by atoms with Gasteiger partial charge in [-0.1, -0.05) is 22.0 Å². The molecule has 2 N–H and O–H groups in total. The van der Waals surface area contributed by atoms with E-state index in [0.717, 1.165) is 6.07 Å². The Bertz CT molecular complexity index is 892. The zero-order chi connectivity index (χ0) is 20.0. The molecule has 0 aliphatic carbocycles. The lowest BCUT2D eigenvalue weighted by atomic mass is 10.2. The van der Waals surface area contributed by atoms with Crippen molar-refractivity contribution in [3.8, 4) is 0 Å². The summed E-state index contributed by atoms with van der Waals surface area (Å²) in [4.78, 5) is 35.0. The van der Waals surface area contributed by atoms with E-state index < -0.39 is 54.1 Å². The molecule has 0 radical (unpaired) electrons. The molecule has 0 fully saturated rings. The molecular weight excluding hydrogens is 433 g/mol. The van der Waals surface area contributed by atoms with Crippen LogP contribution in [-0.4, -0.2) is 30.9 Å². The van der Waals surface area contributed by atoms with Crippen LogP contribution in [-0.2, 0) is 14.3 Å². The van der Waals surface area contributed by atoms with Crippen LogP contribution < -0.4 is 10.6 Å². The third-order valence-electron chi connectivity index (χ3n) is 3.15. The molecule has 6 nitrogen and oxygen atoms in total. The van der Waals surface area contributed by atoms with Crippen molar-refractivity contribution in [2.24, 2.45) is 0 Å². The average molecular weight is 445 g/mol. The van der Waals surface area contributed by atoms with Crippen molar-refractivity contribution in [1.82, 2.24) is 5.32 Å². The summed E-state index contributed by atoms with van der Waals surface area (Å²) in [5, 5.41) is 4.12. The fraction of sp³-hybridized carbons (Fsp3) is 0.118. The second-order valence-corrected chi connectivity index (χ2v) is 6.05. The Morgan fingerprint density at radius 1 is 1.00 bits per heavy atom. The number of carbonyl (C=O) groups is 3. The van der Waals surface area contributed by atoms with Crippen molar-refractivity contribution in [2.45, 2.75) is 0 Å². The smallest absolute Gasteiger partial charge is 0.338 e. The third kappa shape index (κ3) is 5.81. The first kappa shape index (κ1) is 20.4. The number of esters is 1. The monoisotopic (exact) mass is 444 g/mol. The Hall–Kier alpha value is -2.88. The van der Waals surface area contributed by atoms with E-state index >= 15 is 0 Å². The molecule has 2 aromatic carbocycles. The molecular formula is C17H12BrF3N2O4. The van der Waals surface area contributed by atoms with Crippen molar-refractivity contribution >= 4 is 39.4 Å². The number of amides is 2. The normalized spacial score (nSPS) is 10.2. The maximum absolute atomic E-state index is 13.4. The van der Waals surface area contributed by atoms with Crippen LogP contribution in [0.15, 0.2) is 40.9 Å². The zero-order valence-electron chi connectivity index (χ0n) is 13.5.